The van der Waals surface area contributed by atoms with E-state index in [9.17, 15) is 4.79 Å². The van der Waals surface area contributed by atoms with Gasteiger partial charge >= 0.3 is 5.97 Å². The van der Waals surface area contributed by atoms with Crippen LogP contribution in [0.2, 0.25) is 0 Å². The molecule has 0 aromatic heterocycles. The highest BCUT2D eigenvalue weighted by molar-refractivity contribution is 14.1. The number of carbonyl (C=O) groups is 1. The molecule has 1 heterocycles. The molecule has 1 aliphatic heterocycles. The van der Waals surface area contributed by atoms with E-state index in [-0.39, 0.29) is 11.8 Å². The van der Waals surface area contributed by atoms with Crippen molar-refractivity contribution in [1.82, 2.24) is 0 Å². The van der Waals surface area contributed by atoms with Crippen LogP contribution in [0.3, 0.4) is 0 Å². The molecule has 1 atom stereocenters. The lowest BCUT2D eigenvalue weighted by atomic mass is 10.1. The highest BCUT2D eigenvalue weighted by Crippen LogP contribution is 2.36. The van der Waals surface area contributed by atoms with Crippen molar-refractivity contribution in [2.45, 2.75) is 33.3 Å². The molecule has 0 radical (unpaired) electrons. The van der Waals surface area contributed by atoms with Gasteiger partial charge < -0.3 is 14.2 Å². The molecule has 2 aromatic rings. The fraction of sp³-hybridized carbons (Fsp3) is 0.273. The molecule has 0 N–H and O–H groups in total. The van der Waals surface area contributed by atoms with Crippen LogP contribution in [0.15, 0.2) is 47.1 Å². The van der Waals surface area contributed by atoms with Crippen LogP contribution in [0.4, 0.5) is 0 Å². The van der Waals surface area contributed by atoms with E-state index in [1.165, 1.54) is 0 Å². The summed E-state index contributed by atoms with van der Waals surface area (Å²) >= 11 is 4.45. The molecule has 0 fully saturated rings. The van der Waals surface area contributed by atoms with E-state index >= 15 is 0 Å². The predicted octanol–water partition coefficient (Wildman–Crippen LogP) is 5.82. The number of aliphatic imine (C=N–C) groups is 1. The van der Waals surface area contributed by atoms with Gasteiger partial charge in [-0.2, -0.15) is 0 Å². The Morgan fingerprint density at radius 3 is 2.55 bits per heavy atom. The van der Waals surface area contributed by atoms with Gasteiger partial charge in [-0.1, -0.05) is 6.92 Å². The Labute approximate surface area is 197 Å². The molecule has 0 bridgehead atoms. The number of rotatable bonds is 7. The van der Waals surface area contributed by atoms with Crippen molar-refractivity contribution in [3.05, 3.63) is 60.4 Å². The smallest absolute Gasteiger partial charge is 0.363 e. The van der Waals surface area contributed by atoms with E-state index < -0.39 is 5.97 Å². The summed E-state index contributed by atoms with van der Waals surface area (Å²) in [4.78, 5) is 16.7. The van der Waals surface area contributed by atoms with Crippen LogP contribution in [0, 0.1) is 7.14 Å². The standard InChI is InChI=1S/C22H21I2NO4/c1-4-13(3)28-20-17(24)10-14(12-19(20)27-5-2)11-18-22(26)29-21(25-18)15-6-8-16(23)9-7-15/h6-13H,4-5H2,1-3H3/b18-11-. The molecule has 152 valence electrons. The van der Waals surface area contributed by atoms with E-state index in [0.717, 1.165) is 30.4 Å². The van der Waals surface area contributed by atoms with Gasteiger partial charge in [-0.05, 0) is 113 Å². The normalized spacial score (nSPS) is 15.8. The zero-order valence-electron chi connectivity index (χ0n) is 16.4. The SMILES string of the molecule is CCOc1cc(/C=C2\N=C(c3ccc(I)cc3)OC2=O)cc(I)c1OC(C)CC. The Kier molecular flexibility index (Phi) is 7.55. The van der Waals surface area contributed by atoms with E-state index in [4.69, 9.17) is 14.2 Å². The minimum atomic E-state index is -0.466. The number of carbonyl (C=O) groups excluding carboxylic acids is 1. The third-order valence-corrected chi connectivity index (χ3v) is 5.76. The summed E-state index contributed by atoms with van der Waals surface area (Å²) in [5, 5.41) is 0. The van der Waals surface area contributed by atoms with Crippen LogP contribution in [0.25, 0.3) is 6.08 Å². The molecule has 5 nitrogen and oxygen atoms in total. The van der Waals surface area contributed by atoms with Crippen molar-refractivity contribution in [3.8, 4) is 11.5 Å². The Hall–Kier alpha value is -1.62. The number of esters is 1. The molecule has 2 aromatic carbocycles. The first-order valence-corrected chi connectivity index (χ1v) is 11.5. The molecule has 0 saturated carbocycles. The van der Waals surface area contributed by atoms with Crippen LogP contribution in [-0.2, 0) is 9.53 Å². The molecule has 1 unspecified atom stereocenters. The summed E-state index contributed by atoms with van der Waals surface area (Å²) in [7, 11) is 0. The average molecular weight is 617 g/mol. The van der Waals surface area contributed by atoms with Crippen LogP contribution < -0.4 is 9.47 Å². The Balaban J connectivity index is 1.94. The third kappa shape index (κ3) is 5.50. The van der Waals surface area contributed by atoms with Gasteiger partial charge in [-0.25, -0.2) is 9.79 Å². The number of nitrogens with zero attached hydrogens (tertiary/aromatic N) is 1. The summed E-state index contributed by atoms with van der Waals surface area (Å²) in [6.07, 6.45) is 2.69. The zero-order chi connectivity index (χ0) is 21.0. The minimum absolute atomic E-state index is 0.0813. The van der Waals surface area contributed by atoms with Crippen molar-refractivity contribution in [3.63, 3.8) is 0 Å². The highest BCUT2D eigenvalue weighted by Gasteiger charge is 2.24. The molecule has 0 saturated heterocycles. The number of hydrogen-bond acceptors (Lipinski definition) is 5. The first-order valence-electron chi connectivity index (χ1n) is 9.32. The maximum atomic E-state index is 12.3. The zero-order valence-corrected chi connectivity index (χ0v) is 20.7. The molecule has 29 heavy (non-hydrogen) atoms. The van der Waals surface area contributed by atoms with Crippen molar-refractivity contribution >= 4 is 63.1 Å². The maximum absolute atomic E-state index is 12.3. The van der Waals surface area contributed by atoms with Crippen LogP contribution in [0.5, 0.6) is 11.5 Å². The van der Waals surface area contributed by atoms with Gasteiger partial charge in [0.15, 0.2) is 17.2 Å². The summed E-state index contributed by atoms with van der Waals surface area (Å²) in [6.45, 7) is 6.55. The molecule has 3 rings (SSSR count). The van der Waals surface area contributed by atoms with Gasteiger partial charge in [0, 0.05) is 9.13 Å². The molecule has 0 spiro atoms. The predicted molar refractivity (Wildman–Crippen MR) is 130 cm³/mol. The van der Waals surface area contributed by atoms with Gasteiger partial charge in [-0.3, -0.25) is 0 Å². The second-order valence-electron chi connectivity index (χ2n) is 6.44. The number of cyclic esters (lactones) is 1. The molecule has 0 amide bonds. The van der Waals surface area contributed by atoms with Gasteiger partial charge in [-0.15, -0.1) is 0 Å². The maximum Gasteiger partial charge on any atom is 0.363 e. The van der Waals surface area contributed by atoms with E-state index in [0.29, 0.717) is 18.3 Å². The van der Waals surface area contributed by atoms with Crippen molar-refractivity contribution < 1.29 is 19.0 Å². The monoisotopic (exact) mass is 617 g/mol. The summed E-state index contributed by atoms with van der Waals surface area (Å²) in [6, 6.07) is 11.5. The molecular weight excluding hydrogens is 596 g/mol. The second kappa shape index (κ2) is 9.92. The Bertz CT molecular complexity index is 968. The number of ether oxygens (including phenoxy) is 3. The van der Waals surface area contributed by atoms with Gasteiger partial charge in [0.1, 0.15) is 0 Å². The molecule has 1 aliphatic rings. The number of halogens is 2. The molecule has 7 heteroatoms. The van der Waals surface area contributed by atoms with Crippen molar-refractivity contribution in [2.24, 2.45) is 4.99 Å². The van der Waals surface area contributed by atoms with Crippen LogP contribution >= 0.6 is 45.2 Å². The van der Waals surface area contributed by atoms with E-state index in [1.54, 1.807) is 6.08 Å². The minimum Gasteiger partial charge on any atom is -0.490 e. The summed E-state index contributed by atoms with van der Waals surface area (Å²) in [5.41, 5.74) is 1.82. The summed E-state index contributed by atoms with van der Waals surface area (Å²) in [5.74, 6) is 1.22. The number of benzene rings is 2. The van der Waals surface area contributed by atoms with Crippen LogP contribution in [0.1, 0.15) is 38.3 Å². The molecule has 0 aliphatic carbocycles. The van der Waals surface area contributed by atoms with Crippen LogP contribution in [-0.4, -0.2) is 24.6 Å². The average Bonchev–Trinajstić information content (AvgIpc) is 3.05. The quantitative estimate of drug-likeness (QED) is 0.224. The van der Waals surface area contributed by atoms with Gasteiger partial charge in [0.25, 0.3) is 0 Å². The Morgan fingerprint density at radius 1 is 1.17 bits per heavy atom. The fourth-order valence-electron chi connectivity index (χ4n) is 2.62. The lowest BCUT2D eigenvalue weighted by Crippen LogP contribution is -2.12. The fourth-order valence-corrected chi connectivity index (χ4v) is 3.73. The lowest BCUT2D eigenvalue weighted by Gasteiger charge is -2.18. The second-order valence-corrected chi connectivity index (χ2v) is 8.85. The summed E-state index contributed by atoms with van der Waals surface area (Å²) < 4.78 is 19.2. The first-order chi connectivity index (χ1) is 13.9. The largest absolute Gasteiger partial charge is 0.490 e. The first kappa shape index (κ1) is 22.1. The van der Waals surface area contributed by atoms with Crippen molar-refractivity contribution in [2.75, 3.05) is 6.61 Å². The van der Waals surface area contributed by atoms with E-state index in [2.05, 4.69) is 57.1 Å². The third-order valence-electron chi connectivity index (χ3n) is 4.24. The highest BCUT2D eigenvalue weighted by atomic mass is 127. The van der Waals surface area contributed by atoms with Crippen molar-refractivity contribution in [1.29, 1.82) is 0 Å². The molecular formula is C22H21I2NO4. The topological polar surface area (TPSA) is 57.1 Å². The van der Waals surface area contributed by atoms with E-state index in [1.807, 2.05) is 50.2 Å². The number of hydrogen-bond donors (Lipinski definition) is 0. The Morgan fingerprint density at radius 2 is 1.90 bits per heavy atom. The lowest BCUT2D eigenvalue weighted by molar-refractivity contribution is -0.129. The van der Waals surface area contributed by atoms with Gasteiger partial charge in [0.2, 0.25) is 5.90 Å². The van der Waals surface area contributed by atoms with Gasteiger partial charge in [0.05, 0.1) is 16.3 Å².